The molecule has 24 heavy (non-hydrogen) atoms. The van der Waals surface area contributed by atoms with Gasteiger partial charge in [-0.1, -0.05) is 11.6 Å². The Labute approximate surface area is 146 Å². The van der Waals surface area contributed by atoms with Crippen LogP contribution in [0.5, 0.6) is 11.5 Å². The van der Waals surface area contributed by atoms with Crippen molar-refractivity contribution in [2.24, 2.45) is 23.2 Å². The quantitative estimate of drug-likeness (QED) is 0.868. The average molecular weight is 348 g/mol. The minimum atomic E-state index is 0.0812. The Kier molecular flexibility index (Phi) is 3.28. The molecule has 0 unspecified atom stereocenters. The second-order valence-corrected chi connectivity index (χ2v) is 8.74. The zero-order valence-electron chi connectivity index (χ0n) is 13.6. The number of hydrogen-bond acceptors (Lipinski definition) is 3. The van der Waals surface area contributed by atoms with E-state index in [1.807, 2.05) is 0 Å². The fourth-order valence-corrected chi connectivity index (χ4v) is 6.26. The van der Waals surface area contributed by atoms with Crippen LogP contribution in [0.3, 0.4) is 0 Å². The van der Waals surface area contributed by atoms with Crippen molar-refractivity contribution in [2.45, 2.75) is 44.9 Å². The molecule has 128 valence electrons. The molecule has 1 N–H and O–H groups in total. The molecule has 4 bridgehead atoms. The third-order valence-corrected chi connectivity index (χ3v) is 6.75. The maximum Gasteiger partial charge on any atom is 0.231 e. The van der Waals surface area contributed by atoms with E-state index in [1.165, 1.54) is 38.5 Å². The Morgan fingerprint density at radius 1 is 1.08 bits per heavy atom. The minimum absolute atomic E-state index is 0.0812. The largest absolute Gasteiger partial charge is 0.454 e. The van der Waals surface area contributed by atoms with Crippen LogP contribution in [0.25, 0.3) is 0 Å². The number of hydrogen-bond donors (Lipinski definition) is 1. The molecule has 4 nitrogen and oxygen atoms in total. The van der Waals surface area contributed by atoms with Crippen LogP contribution in [0.4, 0.5) is 5.69 Å². The van der Waals surface area contributed by atoms with Crippen LogP contribution >= 0.6 is 11.6 Å². The van der Waals surface area contributed by atoms with Crippen molar-refractivity contribution in [2.75, 3.05) is 12.1 Å². The lowest BCUT2D eigenvalue weighted by molar-refractivity contribution is -0.124. The summed E-state index contributed by atoms with van der Waals surface area (Å²) in [7, 11) is 0. The van der Waals surface area contributed by atoms with Gasteiger partial charge in [-0.05, 0) is 61.7 Å². The van der Waals surface area contributed by atoms with Gasteiger partial charge in [-0.3, -0.25) is 4.79 Å². The summed E-state index contributed by atoms with van der Waals surface area (Å²) in [6.45, 7) is 0.205. The molecular weight excluding hydrogens is 326 g/mol. The molecule has 4 saturated carbocycles. The molecule has 1 aromatic rings. The lowest BCUT2D eigenvalue weighted by Crippen LogP contribution is -2.47. The highest BCUT2D eigenvalue weighted by molar-refractivity contribution is 6.34. The predicted molar refractivity (Wildman–Crippen MR) is 91.4 cm³/mol. The monoisotopic (exact) mass is 347 g/mol. The summed E-state index contributed by atoms with van der Waals surface area (Å²) in [5, 5.41) is 3.51. The number of benzene rings is 1. The topological polar surface area (TPSA) is 47.6 Å². The van der Waals surface area contributed by atoms with E-state index in [2.05, 4.69) is 5.32 Å². The van der Waals surface area contributed by atoms with Crippen LogP contribution in [0.2, 0.25) is 5.02 Å². The predicted octanol–water partition coefficient (Wildman–Crippen LogP) is 4.61. The van der Waals surface area contributed by atoms with Crippen LogP contribution in [0.1, 0.15) is 44.9 Å². The summed E-state index contributed by atoms with van der Waals surface area (Å²) in [5.41, 5.74) is 0.859. The summed E-state index contributed by atoms with van der Waals surface area (Å²) in [6, 6.07) is 3.48. The van der Waals surface area contributed by atoms with Crippen LogP contribution in [0, 0.1) is 23.2 Å². The number of carbonyl (C=O) groups is 1. The fraction of sp³-hybridized carbons (Fsp3) is 0.632. The molecule has 1 aromatic carbocycles. The number of ether oxygens (including phenoxy) is 2. The van der Waals surface area contributed by atoms with Crippen molar-refractivity contribution < 1.29 is 14.3 Å². The lowest BCUT2D eigenvalue weighted by Gasteiger charge is -2.56. The third-order valence-electron chi connectivity index (χ3n) is 6.44. The number of fused-ring (bicyclic) bond motifs is 1. The van der Waals surface area contributed by atoms with Crippen LogP contribution in [0.15, 0.2) is 12.1 Å². The maximum atomic E-state index is 12.7. The second kappa shape index (κ2) is 5.29. The van der Waals surface area contributed by atoms with Crippen molar-refractivity contribution in [3.63, 3.8) is 0 Å². The van der Waals surface area contributed by atoms with Crippen molar-refractivity contribution >= 4 is 23.2 Å². The van der Waals surface area contributed by atoms with Crippen LogP contribution in [-0.2, 0) is 4.79 Å². The molecule has 1 heterocycles. The normalized spacial score (nSPS) is 35.3. The summed E-state index contributed by atoms with van der Waals surface area (Å²) < 4.78 is 10.7. The smallest absolute Gasteiger partial charge is 0.231 e. The fourth-order valence-electron chi connectivity index (χ4n) is 6.05. The van der Waals surface area contributed by atoms with Gasteiger partial charge in [0.2, 0.25) is 12.7 Å². The van der Waals surface area contributed by atoms with Crippen molar-refractivity contribution in [1.29, 1.82) is 0 Å². The molecule has 5 heteroatoms. The van der Waals surface area contributed by atoms with E-state index in [0.717, 1.165) is 17.8 Å². The van der Waals surface area contributed by atoms with Gasteiger partial charge in [-0.2, -0.15) is 0 Å². The summed E-state index contributed by atoms with van der Waals surface area (Å²) in [6.07, 6.45) is 8.53. The Hall–Kier alpha value is -1.42. The molecule has 0 aromatic heterocycles. The van der Waals surface area contributed by atoms with Gasteiger partial charge in [0.1, 0.15) is 0 Å². The van der Waals surface area contributed by atoms with Crippen LogP contribution in [-0.4, -0.2) is 12.7 Å². The third kappa shape index (κ3) is 2.46. The zero-order chi connectivity index (χ0) is 16.3. The van der Waals surface area contributed by atoms with E-state index in [0.29, 0.717) is 28.6 Å². The van der Waals surface area contributed by atoms with E-state index in [1.54, 1.807) is 12.1 Å². The lowest BCUT2D eigenvalue weighted by atomic mass is 9.49. The number of nitrogens with one attached hydrogen (secondary N) is 1. The first-order valence-electron chi connectivity index (χ1n) is 8.98. The van der Waals surface area contributed by atoms with E-state index in [-0.39, 0.29) is 18.1 Å². The number of halogens is 1. The first kappa shape index (κ1) is 14.9. The molecule has 5 aliphatic rings. The standard InChI is InChI=1S/C19H22ClNO3/c20-14-4-16-17(24-10-23-16)5-15(14)21-18(22)9-19-6-11-1-12(7-19)3-13(2-11)8-19/h4-5,11-13H,1-3,6-10H2,(H,21,22). The van der Waals surface area contributed by atoms with Gasteiger partial charge in [-0.25, -0.2) is 0 Å². The van der Waals surface area contributed by atoms with E-state index in [4.69, 9.17) is 21.1 Å². The van der Waals surface area contributed by atoms with Crippen molar-refractivity contribution in [3.8, 4) is 11.5 Å². The van der Waals surface area contributed by atoms with Crippen LogP contribution < -0.4 is 14.8 Å². The highest BCUT2D eigenvalue weighted by Gasteiger charge is 2.51. The first-order chi connectivity index (χ1) is 11.6. The summed E-state index contributed by atoms with van der Waals surface area (Å²) >= 11 is 6.28. The summed E-state index contributed by atoms with van der Waals surface area (Å²) in [4.78, 5) is 12.7. The molecule has 4 fully saturated rings. The molecule has 0 atom stereocenters. The Morgan fingerprint density at radius 3 is 2.29 bits per heavy atom. The zero-order valence-corrected chi connectivity index (χ0v) is 14.4. The first-order valence-corrected chi connectivity index (χ1v) is 9.35. The van der Waals surface area contributed by atoms with E-state index in [9.17, 15) is 4.79 Å². The number of amides is 1. The maximum absolute atomic E-state index is 12.7. The van der Waals surface area contributed by atoms with Gasteiger partial charge < -0.3 is 14.8 Å². The molecule has 4 aliphatic carbocycles. The Bertz CT molecular complexity index is 667. The molecular formula is C19H22ClNO3. The number of rotatable bonds is 3. The summed E-state index contributed by atoms with van der Waals surface area (Å²) in [5.74, 6) is 3.94. The SMILES string of the molecule is O=C(CC12CC3CC(CC(C3)C1)C2)Nc1cc2c(cc1Cl)OCO2. The average Bonchev–Trinajstić information content (AvgIpc) is 2.92. The molecule has 0 saturated heterocycles. The van der Waals surface area contributed by atoms with Crippen molar-refractivity contribution in [3.05, 3.63) is 17.2 Å². The van der Waals surface area contributed by atoms with Gasteiger partial charge in [0, 0.05) is 18.6 Å². The van der Waals surface area contributed by atoms with E-state index >= 15 is 0 Å². The van der Waals surface area contributed by atoms with Gasteiger partial charge >= 0.3 is 0 Å². The van der Waals surface area contributed by atoms with Gasteiger partial charge in [0.25, 0.3) is 0 Å². The Balaban J connectivity index is 1.31. The second-order valence-electron chi connectivity index (χ2n) is 8.33. The molecule has 0 spiro atoms. The van der Waals surface area contributed by atoms with Crippen molar-refractivity contribution in [1.82, 2.24) is 0 Å². The minimum Gasteiger partial charge on any atom is -0.454 e. The van der Waals surface area contributed by atoms with Gasteiger partial charge in [0.15, 0.2) is 11.5 Å². The highest BCUT2D eigenvalue weighted by Crippen LogP contribution is 2.61. The molecule has 1 aliphatic heterocycles. The number of anilines is 1. The molecule has 1 amide bonds. The van der Waals surface area contributed by atoms with E-state index < -0.39 is 0 Å². The molecule has 0 radical (unpaired) electrons. The number of carbonyl (C=O) groups excluding carboxylic acids is 1. The van der Waals surface area contributed by atoms with Gasteiger partial charge in [-0.15, -0.1) is 0 Å². The molecule has 6 rings (SSSR count). The highest BCUT2D eigenvalue weighted by atomic mass is 35.5. The van der Waals surface area contributed by atoms with Gasteiger partial charge in [0.05, 0.1) is 10.7 Å². The Morgan fingerprint density at radius 2 is 1.67 bits per heavy atom.